The van der Waals surface area contributed by atoms with Crippen LogP contribution in [0.15, 0.2) is 186 Å². The van der Waals surface area contributed by atoms with Gasteiger partial charge in [-0.2, -0.15) is 0 Å². The highest BCUT2D eigenvalue weighted by molar-refractivity contribution is 5.91. The van der Waals surface area contributed by atoms with Crippen LogP contribution in [0.3, 0.4) is 0 Å². The molecule has 0 radical (unpaired) electrons. The summed E-state index contributed by atoms with van der Waals surface area (Å²) in [5, 5.41) is 6.14. The van der Waals surface area contributed by atoms with Crippen molar-refractivity contribution >= 4 is 49.6 Å². The Morgan fingerprint density at radius 3 is 1.45 bits per heavy atom. The summed E-state index contributed by atoms with van der Waals surface area (Å²) in [5.74, 6) is 0.904. The summed E-state index contributed by atoms with van der Waals surface area (Å²) in [6, 6.07) is 65.1. The molecule has 0 aliphatic heterocycles. The third kappa shape index (κ3) is 5.34. The van der Waals surface area contributed by atoms with Crippen LogP contribution in [-0.2, 0) is 0 Å². The van der Waals surface area contributed by atoms with Crippen molar-refractivity contribution in [1.82, 2.24) is 0 Å². The van der Waals surface area contributed by atoms with Crippen LogP contribution in [0.2, 0.25) is 0 Å². The molecule has 232 valence electrons. The third-order valence-corrected chi connectivity index (χ3v) is 9.63. The second-order valence-corrected chi connectivity index (χ2v) is 12.7. The van der Waals surface area contributed by atoms with Crippen molar-refractivity contribution in [1.29, 1.82) is 0 Å². The Morgan fingerprint density at radius 2 is 0.878 bits per heavy atom. The molecular formula is C47H33NO. The average Bonchev–Trinajstić information content (AvgIpc) is 3.51. The van der Waals surface area contributed by atoms with Gasteiger partial charge in [-0.3, -0.25) is 0 Å². The Hall–Kier alpha value is -6.38. The number of anilines is 3. The molecule has 0 aliphatic rings. The molecule has 0 aliphatic carbocycles. The Labute approximate surface area is 286 Å². The van der Waals surface area contributed by atoms with E-state index < -0.39 is 0 Å². The normalized spacial score (nSPS) is 11.4. The standard InChI is InChI=1S/C47H33NO/c1-32-45-15-6-7-16-46(45)49-47(32)41-13-8-14-44(31-41)48(42-25-21-35(22-26-42)39-19-17-33-9-2-4-11-37(33)29-39)43-27-23-36(24-28-43)40-20-18-34-10-3-5-12-38(34)30-40/h2-31H,1H3. The van der Waals surface area contributed by atoms with E-state index in [9.17, 15) is 0 Å². The molecule has 49 heavy (non-hydrogen) atoms. The van der Waals surface area contributed by atoms with Gasteiger partial charge in [-0.1, -0.05) is 127 Å². The van der Waals surface area contributed by atoms with Crippen LogP contribution in [0.25, 0.3) is 66.1 Å². The van der Waals surface area contributed by atoms with E-state index in [1.54, 1.807) is 0 Å². The van der Waals surface area contributed by atoms with E-state index in [-0.39, 0.29) is 0 Å². The van der Waals surface area contributed by atoms with Crippen LogP contribution < -0.4 is 4.90 Å². The van der Waals surface area contributed by atoms with Gasteiger partial charge in [-0.25, -0.2) is 0 Å². The van der Waals surface area contributed by atoms with E-state index in [0.717, 1.165) is 44.9 Å². The Kier molecular flexibility index (Phi) is 7.06. The Bertz CT molecular complexity index is 2490. The molecule has 0 amide bonds. The lowest BCUT2D eigenvalue weighted by Crippen LogP contribution is -2.10. The monoisotopic (exact) mass is 627 g/mol. The molecule has 9 rings (SSSR count). The zero-order valence-electron chi connectivity index (χ0n) is 27.2. The van der Waals surface area contributed by atoms with E-state index in [4.69, 9.17) is 4.42 Å². The number of hydrogen-bond acceptors (Lipinski definition) is 2. The number of rotatable bonds is 6. The fourth-order valence-corrected chi connectivity index (χ4v) is 7.03. The molecule has 8 aromatic carbocycles. The second-order valence-electron chi connectivity index (χ2n) is 12.7. The summed E-state index contributed by atoms with van der Waals surface area (Å²) >= 11 is 0. The van der Waals surface area contributed by atoms with Gasteiger partial charge in [0.05, 0.1) is 0 Å². The zero-order chi connectivity index (χ0) is 32.7. The van der Waals surface area contributed by atoms with Crippen molar-refractivity contribution in [2.24, 2.45) is 0 Å². The molecule has 0 fully saturated rings. The van der Waals surface area contributed by atoms with E-state index in [1.807, 2.05) is 12.1 Å². The number of nitrogens with zero attached hydrogens (tertiary/aromatic N) is 1. The molecule has 1 aromatic heterocycles. The van der Waals surface area contributed by atoms with Gasteiger partial charge < -0.3 is 9.32 Å². The van der Waals surface area contributed by atoms with Gasteiger partial charge in [0, 0.05) is 33.6 Å². The number of furan rings is 1. The van der Waals surface area contributed by atoms with E-state index in [2.05, 4.69) is 182 Å². The summed E-state index contributed by atoms with van der Waals surface area (Å²) in [7, 11) is 0. The van der Waals surface area contributed by atoms with E-state index >= 15 is 0 Å². The lowest BCUT2D eigenvalue weighted by molar-refractivity contribution is 0.629. The summed E-state index contributed by atoms with van der Waals surface area (Å²) in [4.78, 5) is 2.33. The summed E-state index contributed by atoms with van der Waals surface area (Å²) in [6.07, 6.45) is 0. The van der Waals surface area contributed by atoms with Gasteiger partial charge in [0.2, 0.25) is 0 Å². The molecule has 2 nitrogen and oxygen atoms in total. The first-order valence-electron chi connectivity index (χ1n) is 16.8. The molecule has 0 unspecified atom stereocenters. The number of fused-ring (bicyclic) bond motifs is 3. The minimum absolute atomic E-state index is 0.904. The maximum atomic E-state index is 6.40. The minimum atomic E-state index is 0.904. The SMILES string of the molecule is Cc1c(-c2cccc(N(c3ccc(-c4ccc5ccccc5c4)cc3)c3ccc(-c4ccc5ccccc5c4)cc3)c2)oc2ccccc12. The Balaban J connectivity index is 1.13. The first-order valence-corrected chi connectivity index (χ1v) is 16.8. The molecule has 9 aromatic rings. The zero-order valence-corrected chi connectivity index (χ0v) is 27.2. The molecule has 0 spiro atoms. The Morgan fingerprint density at radius 1 is 0.367 bits per heavy atom. The van der Waals surface area contributed by atoms with Crippen LogP contribution in [0.1, 0.15) is 5.56 Å². The average molecular weight is 628 g/mol. The van der Waals surface area contributed by atoms with Crippen molar-refractivity contribution in [3.8, 4) is 33.6 Å². The lowest BCUT2D eigenvalue weighted by Gasteiger charge is -2.26. The van der Waals surface area contributed by atoms with Crippen LogP contribution in [0.5, 0.6) is 0 Å². The highest BCUT2D eigenvalue weighted by Crippen LogP contribution is 2.40. The van der Waals surface area contributed by atoms with Gasteiger partial charge in [0.15, 0.2) is 0 Å². The molecule has 0 atom stereocenters. The third-order valence-electron chi connectivity index (χ3n) is 9.63. The largest absolute Gasteiger partial charge is 0.456 e. The van der Waals surface area contributed by atoms with Crippen molar-refractivity contribution in [2.45, 2.75) is 6.92 Å². The number of hydrogen-bond donors (Lipinski definition) is 0. The smallest absolute Gasteiger partial charge is 0.138 e. The highest BCUT2D eigenvalue weighted by atomic mass is 16.3. The van der Waals surface area contributed by atoms with E-state index in [1.165, 1.54) is 43.8 Å². The fraction of sp³-hybridized carbons (Fsp3) is 0.0213. The highest BCUT2D eigenvalue weighted by Gasteiger charge is 2.17. The van der Waals surface area contributed by atoms with Crippen molar-refractivity contribution < 1.29 is 4.42 Å². The van der Waals surface area contributed by atoms with Gasteiger partial charge in [0.1, 0.15) is 11.3 Å². The first-order chi connectivity index (χ1) is 24.2. The van der Waals surface area contributed by atoms with Crippen LogP contribution in [0.4, 0.5) is 17.1 Å². The van der Waals surface area contributed by atoms with Crippen molar-refractivity contribution in [3.05, 3.63) is 188 Å². The molecule has 0 bridgehead atoms. The number of para-hydroxylation sites is 1. The van der Waals surface area contributed by atoms with Crippen LogP contribution >= 0.6 is 0 Å². The fourth-order valence-electron chi connectivity index (χ4n) is 7.03. The van der Waals surface area contributed by atoms with Gasteiger partial charge >= 0.3 is 0 Å². The van der Waals surface area contributed by atoms with Crippen LogP contribution in [-0.4, -0.2) is 0 Å². The molecule has 0 saturated carbocycles. The first kappa shape index (κ1) is 28.8. The maximum Gasteiger partial charge on any atom is 0.138 e. The predicted molar refractivity (Wildman–Crippen MR) is 207 cm³/mol. The molecule has 1 heterocycles. The summed E-state index contributed by atoms with van der Waals surface area (Å²) in [5.41, 5.74) is 11.1. The molecular weight excluding hydrogens is 595 g/mol. The minimum Gasteiger partial charge on any atom is -0.456 e. The molecule has 2 heteroatoms. The second kappa shape index (κ2) is 12.0. The van der Waals surface area contributed by atoms with Crippen molar-refractivity contribution in [2.75, 3.05) is 4.90 Å². The van der Waals surface area contributed by atoms with Gasteiger partial charge in [-0.15, -0.1) is 0 Å². The summed E-state index contributed by atoms with van der Waals surface area (Å²) in [6.45, 7) is 2.14. The predicted octanol–water partition coefficient (Wildman–Crippen LogP) is 13.5. The van der Waals surface area contributed by atoms with E-state index in [0.29, 0.717) is 0 Å². The lowest BCUT2D eigenvalue weighted by atomic mass is 10.00. The quantitative estimate of drug-likeness (QED) is 0.182. The summed E-state index contributed by atoms with van der Waals surface area (Å²) < 4.78 is 6.40. The number of benzene rings is 8. The number of aryl methyl sites for hydroxylation is 1. The van der Waals surface area contributed by atoms with Crippen LogP contribution in [0, 0.1) is 6.92 Å². The van der Waals surface area contributed by atoms with Gasteiger partial charge in [-0.05, 0) is 105 Å². The molecule has 0 N–H and O–H groups in total. The van der Waals surface area contributed by atoms with Crippen molar-refractivity contribution in [3.63, 3.8) is 0 Å². The van der Waals surface area contributed by atoms with Gasteiger partial charge in [0.25, 0.3) is 0 Å². The molecule has 0 saturated heterocycles. The maximum absolute atomic E-state index is 6.40. The topological polar surface area (TPSA) is 16.4 Å².